The van der Waals surface area contributed by atoms with Crippen LogP contribution in [0.15, 0.2) is 30.3 Å². The molecule has 1 rings (SSSR count). The Balaban J connectivity index is 2.80. The normalized spacial score (nSPS) is 15.6. The smallest absolute Gasteiger partial charge is 0.0502 e. The maximum absolute atomic E-state index is 6.02. The molecular weight excluding hydrogens is 170 g/mol. The van der Waals surface area contributed by atoms with E-state index in [2.05, 4.69) is 17.4 Å². The number of nitrogens with one attached hydrogen (secondary N) is 1. The van der Waals surface area contributed by atoms with Gasteiger partial charge in [-0.05, 0) is 19.5 Å². The Bertz CT molecular complexity index is 221. The third kappa shape index (κ3) is 2.23. The van der Waals surface area contributed by atoms with Crippen LogP contribution in [0.3, 0.4) is 0 Å². The molecule has 0 aliphatic rings. The van der Waals surface area contributed by atoms with Crippen LogP contribution in [-0.2, 0) is 0 Å². The standard InChI is InChI=1S/C10H14ClN/c1-8(11)10(12-2)9-6-4-3-5-7-9/h3-8,10,12H,1-2H3/t8-,10+/m1/s1. The molecule has 1 aromatic rings. The van der Waals surface area contributed by atoms with E-state index in [1.165, 1.54) is 5.56 Å². The molecule has 0 heterocycles. The first-order valence-electron chi connectivity index (χ1n) is 4.12. The van der Waals surface area contributed by atoms with Crippen LogP contribution in [0.25, 0.3) is 0 Å². The van der Waals surface area contributed by atoms with Gasteiger partial charge in [0, 0.05) is 6.04 Å². The number of halogens is 1. The van der Waals surface area contributed by atoms with Gasteiger partial charge in [0.15, 0.2) is 0 Å². The number of benzene rings is 1. The topological polar surface area (TPSA) is 12.0 Å². The van der Waals surface area contributed by atoms with Crippen LogP contribution in [0.4, 0.5) is 0 Å². The molecule has 0 fully saturated rings. The highest BCUT2D eigenvalue weighted by molar-refractivity contribution is 6.20. The average molecular weight is 184 g/mol. The Morgan fingerprint density at radius 1 is 1.25 bits per heavy atom. The van der Waals surface area contributed by atoms with Crippen molar-refractivity contribution >= 4 is 11.6 Å². The average Bonchev–Trinajstić information content (AvgIpc) is 2.07. The summed E-state index contributed by atoms with van der Waals surface area (Å²) in [6.07, 6.45) is 0. The van der Waals surface area contributed by atoms with Gasteiger partial charge >= 0.3 is 0 Å². The molecule has 0 amide bonds. The Labute approximate surface area is 78.7 Å². The van der Waals surface area contributed by atoms with E-state index in [4.69, 9.17) is 11.6 Å². The van der Waals surface area contributed by atoms with E-state index >= 15 is 0 Å². The lowest BCUT2D eigenvalue weighted by atomic mass is 10.1. The molecule has 0 saturated heterocycles. The third-order valence-corrected chi connectivity index (χ3v) is 2.18. The highest BCUT2D eigenvalue weighted by Crippen LogP contribution is 2.19. The van der Waals surface area contributed by atoms with Crippen LogP contribution in [-0.4, -0.2) is 12.4 Å². The van der Waals surface area contributed by atoms with Gasteiger partial charge < -0.3 is 5.32 Å². The molecule has 1 aromatic carbocycles. The summed E-state index contributed by atoms with van der Waals surface area (Å²) >= 11 is 6.02. The molecule has 0 bridgehead atoms. The Morgan fingerprint density at radius 3 is 2.25 bits per heavy atom. The van der Waals surface area contributed by atoms with Crippen molar-refractivity contribution in [3.05, 3.63) is 35.9 Å². The molecule has 0 unspecified atom stereocenters. The highest BCUT2D eigenvalue weighted by Gasteiger charge is 2.13. The minimum atomic E-state index is 0.109. The lowest BCUT2D eigenvalue weighted by Crippen LogP contribution is -2.23. The molecule has 12 heavy (non-hydrogen) atoms. The fraction of sp³-hybridized carbons (Fsp3) is 0.400. The zero-order valence-corrected chi connectivity index (χ0v) is 8.18. The minimum absolute atomic E-state index is 0.109. The second kappa shape index (κ2) is 4.48. The molecule has 0 spiro atoms. The SMILES string of the molecule is CN[C@H](c1ccccc1)[C@@H](C)Cl. The summed E-state index contributed by atoms with van der Waals surface area (Å²) in [6.45, 7) is 2.00. The van der Waals surface area contributed by atoms with Crippen molar-refractivity contribution in [2.24, 2.45) is 0 Å². The van der Waals surface area contributed by atoms with Crippen molar-refractivity contribution in [2.75, 3.05) is 7.05 Å². The van der Waals surface area contributed by atoms with Crippen molar-refractivity contribution in [2.45, 2.75) is 18.3 Å². The lowest BCUT2D eigenvalue weighted by Gasteiger charge is -2.18. The lowest BCUT2D eigenvalue weighted by molar-refractivity contribution is 0.584. The van der Waals surface area contributed by atoms with E-state index < -0.39 is 0 Å². The fourth-order valence-electron chi connectivity index (χ4n) is 1.32. The van der Waals surface area contributed by atoms with Gasteiger partial charge in [0.25, 0.3) is 0 Å². The van der Waals surface area contributed by atoms with E-state index in [0.717, 1.165) is 0 Å². The predicted octanol–water partition coefficient (Wildman–Crippen LogP) is 2.57. The first kappa shape index (κ1) is 9.56. The predicted molar refractivity (Wildman–Crippen MR) is 53.6 cm³/mol. The van der Waals surface area contributed by atoms with Gasteiger partial charge in [0.05, 0.1) is 5.38 Å². The Hall–Kier alpha value is -0.530. The van der Waals surface area contributed by atoms with Gasteiger partial charge in [0.2, 0.25) is 0 Å². The zero-order valence-electron chi connectivity index (χ0n) is 7.42. The van der Waals surface area contributed by atoms with E-state index in [0.29, 0.717) is 0 Å². The molecule has 2 atom stereocenters. The van der Waals surface area contributed by atoms with Gasteiger partial charge in [-0.25, -0.2) is 0 Å². The fourth-order valence-corrected chi connectivity index (χ4v) is 1.59. The second-order valence-corrected chi connectivity index (χ2v) is 3.54. The molecular formula is C10H14ClN. The largest absolute Gasteiger partial charge is 0.312 e. The molecule has 0 aromatic heterocycles. The summed E-state index contributed by atoms with van der Waals surface area (Å²) in [7, 11) is 1.93. The van der Waals surface area contributed by atoms with Crippen molar-refractivity contribution in [1.29, 1.82) is 0 Å². The minimum Gasteiger partial charge on any atom is -0.312 e. The van der Waals surface area contributed by atoms with Crippen LogP contribution < -0.4 is 5.32 Å². The Morgan fingerprint density at radius 2 is 1.83 bits per heavy atom. The molecule has 0 aliphatic carbocycles. The second-order valence-electron chi connectivity index (χ2n) is 2.85. The van der Waals surface area contributed by atoms with E-state index in [9.17, 15) is 0 Å². The van der Waals surface area contributed by atoms with Gasteiger partial charge in [-0.15, -0.1) is 11.6 Å². The van der Waals surface area contributed by atoms with Crippen LogP contribution in [0.2, 0.25) is 0 Å². The first-order valence-corrected chi connectivity index (χ1v) is 4.55. The van der Waals surface area contributed by atoms with Crippen molar-refractivity contribution in [3.8, 4) is 0 Å². The first-order chi connectivity index (χ1) is 5.75. The van der Waals surface area contributed by atoms with Crippen LogP contribution in [0.5, 0.6) is 0 Å². The van der Waals surface area contributed by atoms with Gasteiger partial charge in [-0.2, -0.15) is 0 Å². The maximum Gasteiger partial charge on any atom is 0.0502 e. The summed E-state index contributed by atoms with van der Waals surface area (Å²) in [5.41, 5.74) is 1.24. The van der Waals surface area contributed by atoms with E-state index in [1.807, 2.05) is 32.2 Å². The number of alkyl halides is 1. The molecule has 1 nitrogen and oxygen atoms in total. The summed E-state index contributed by atoms with van der Waals surface area (Å²) in [5, 5.41) is 3.29. The molecule has 1 N–H and O–H groups in total. The van der Waals surface area contributed by atoms with Crippen molar-refractivity contribution in [3.63, 3.8) is 0 Å². The van der Waals surface area contributed by atoms with Gasteiger partial charge in [0.1, 0.15) is 0 Å². The third-order valence-electron chi connectivity index (χ3n) is 1.93. The zero-order chi connectivity index (χ0) is 8.97. The maximum atomic E-state index is 6.02. The van der Waals surface area contributed by atoms with Gasteiger partial charge in [-0.3, -0.25) is 0 Å². The van der Waals surface area contributed by atoms with Crippen molar-refractivity contribution in [1.82, 2.24) is 5.32 Å². The quantitative estimate of drug-likeness (QED) is 0.711. The molecule has 0 aliphatic heterocycles. The van der Waals surface area contributed by atoms with Crippen LogP contribution in [0.1, 0.15) is 18.5 Å². The summed E-state index contributed by atoms with van der Waals surface area (Å²) in [5.74, 6) is 0. The summed E-state index contributed by atoms with van der Waals surface area (Å²) in [4.78, 5) is 0. The molecule has 66 valence electrons. The van der Waals surface area contributed by atoms with Gasteiger partial charge in [-0.1, -0.05) is 30.3 Å². The van der Waals surface area contributed by atoms with E-state index in [1.54, 1.807) is 0 Å². The Kier molecular flexibility index (Phi) is 3.57. The van der Waals surface area contributed by atoms with Crippen LogP contribution in [0, 0.1) is 0 Å². The summed E-state index contributed by atoms with van der Waals surface area (Å²) < 4.78 is 0. The number of hydrogen-bond acceptors (Lipinski definition) is 1. The van der Waals surface area contributed by atoms with Crippen LogP contribution >= 0.6 is 11.6 Å². The van der Waals surface area contributed by atoms with E-state index in [-0.39, 0.29) is 11.4 Å². The molecule has 0 saturated carbocycles. The number of rotatable bonds is 3. The molecule has 0 radical (unpaired) electrons. The summed E-state index contributed by atoms with van der Waals surface area (Å²) in [6, 6.07) is 10.5. The molecule has 2 heteroatoms. The number of hydrogen-bond donors (Lipinski definition) is 1. The monoisotopic (exact) mass is 183 g/mol. The van der Waals surface area contributed by atoms with Crippen molar-refractivity contribution < 1.29 is 0 Å². The highest BCUT2D eigenvalue weighted by atomic mass is 35.5.